The maximum Gasteiger partial charge on any atom is 0.338 e. The van der Waals surface area contributed by atoms with Gasteiger partial charge in [-0.25, -0.2) is 9.78 Å². The van der Waals surface area contributed by atoms with Crippen LogP contribution in [0.3, 0.4) is 0 Å². The summed E-state index contributed by atoms with van der Waals surface area (Å²) in [6, 6.07) is 30.8. The van der Waals surface area contributed by atoms with E-state index in [9.17, 15) is 14.7 Å². The Balaban J connectivity index is 0.000000209. The summed E-state index contributed by atoms with van der Waals surface area (Å²) in [6.07, 6.45) is 4.29. The van der Waals surface area contributed by atoms with Crippen LogP contribution < -0.4 is 9.64 Å². The van der Waals surface area contributed by atoms with Gasteiger partial charge in [0.05, 0.1) is 23.3 Å². The summed E-state index contributed by atoms with van der Waals surface area (Å²) >= 11 is 0. The molecular weight excluding hydrogens is 562 g/mol. The van der Waals surface area contributed by atoms with Crippen LogP contribution in [0.5, 0.6) is 5.75 Å². The van der Waals surface area contributed by atoms with Gasteiger partial charge in [-0.2, -0.15) is 0 Å². The normalized spacial score (nSPS) is 10.8. The van der Waals surface area contributed by atoms with Gasteiger partial charge in [-0.1, -0.05) is 54.6 Å². The number of rotatable bonds is 9. The lowest BCUT2D eigenvalue weighted by atomic mass is 10.0. The van der Waals surface area contributed by atoms with Gasteiger partial charge in [0.25, 0.3) is 0 Å². The number of ketones is 1. The molecule has 0 saturated carbocycles. The van der Waals surface area contributed by atoms with Crippen LogP contribution in [0.1, 0.15) is 52.7 Å². The highest BCUT2D eigenvalue weighted by Gasteiger charge is 2.24. The number of nitrogens with zero attached hydrogens (tertiary/aromatic N) is 3. The van der Waals surface area contributed by atoms with Gasteiger partial charge in [-0.15, -0.1) is 0 Å². The Morgan fingerprint density at radius 2 is 1.56 bits per heavy atom. The Morgan fingerprint density at radius 1 is 0.844 bits per heavy atom. The van der Waals surface area contributed by atoms with E-state index in [1.807, 2.05) is 19.1 Å². The second-order valence-electron chi connectivity index (χ2n) is 10.5. The number of aromatic nitrogens is 2. The zero-order chi connectivity index (χ0) is 31.9. The molecule has 7 nitrogen and oxygen atoms in total. The van der Waals surface area contributed by atoms with Crippen LogP contribution in [0, 0.1) is 6.92 Å². The molecule has 45 heavy (non-hydrogen) atoms. The molecule has 0 saturated heterocycles. The van der Waals surface area contributed by atoms with E-state index in [0.717, 1.165) is 18.8 Å². The van der Waals surface area contributed by atoms with Crippen LogP contribution in [0.4, 0.5) is 5.69 Å². The number of carboxylic acid groups (broad SMARTS) is 1. The fourth-order valence-corrected chi connectivity index (χ4v) is 5.51. The average Bonchev–Trinajstić information content (AvgIpc) is 3.41. The molecule has 3 aromatic carbocycles. The highest BCUT2D eigenvalue weighted by Crippen LogP contribution is 2.30. The maximum atomic E-state index is 13.3. The summed E-state index contributed by atoms with van der Waals surface area (Å²) in [6.45, 7) is 10.2. The predicted molar refractivity (Wildman–Crippen MR) is 181 cm³/mol. The maximum absolute atomic E-state index is 13.3. The second kappa shape index (κ2) is 13.9. The Bertz CT molecular complexity index is 1960. The monoisotopic (exact) mass is 599 g/mol. The summed E-state index contributed by atoms with van der Waals surface area (Å²) in [5.74, 6) is -1.24. The van der Waals surface area contributed by atoms with E-state index in [0.29, 0.717) is 28.8 Å². The van der Waals surface area contributed by atoms with Crippen LogP contribution in [-0.2, 0) is 0 Å². The number of hydrogen-bond acceptors (Lipinski definition) is 5. The number of para-hydroxylation sites is 1. The van der Waals surface area contributed by atoms with Gasteiger partial charge in [0.2, 0.25) is 5.78 Å². The van der Waals surface area contributed by atoms with Crippen molar-refractivity contribution in [2.45, 2.75) is 27.7 Å². The Morgan fingerprint density at radius 3 is 2.24 bits per heavy atom. The largest absolute Gasteiger partial charge is 0.493 e. The highest BCUT2D eigenvalue weighted by molar-refractivity contribution is 6.15. The van der Waals surface area contributed by atoms with E-state index in [4.69, 9.17) is 4.74 Å². The van der Waals surface area contributed by atoms with Crippen LogP contribution >= 0.6 is 0 Å². The number of benzene rings is 3. The minimum absolute atomic E-state index is 0.0901. The van der Waals surface area contributed by atoms with Crippen molar-refractivity contribution in [2.75, 3.05) is 24.6 Å². The number of ether oxygens (including phenoxy) is 1. The zero-order valence-electron chi connectivity index (χ0n) is 26.0. The minimum Gasteiger partial charge on any atom is -0.493 e. The molecule has 0 unspecified atom stereocenters. The molecule has 0 aliphatic heterocycles. The van der Waals surface area contributed by atoms with E-state index in [-0.39, 0.29) is 11.3 Å². The topological polar surface area (TPSA) is 84.1 Å². The third kappa shape index (κ3) is 6.58. The number of pyridine rings is 2. The molecule has 0 fully saturated rings. The smallest absolute Gasteiger partial charge is 0.338 e. The van der Waals surface area contributed by atoms with Gasteiger partial charge in [0.15, 0.2) is 0 Å². The number of anilines is 1. The van der Waals surface area contributed by atoms with Crippen molar-refractivity contribution in [2.24, 2.45) is 0 Å². The van der Waals surface area contributed by atoms with E-state index < -0.39 is 11.8 Å². The van der Waals surface area contributed by atoms with Gasteiger partial charge >= 0.3 is 5.97 Å². The van der Waals surface area contributed by atoms with E-state index in [1.54, 1.807) is 30.3 Å². The number of hydrogen-bond donors (Lipinski definition) is 1. The number of carbonyl (C=O) groups excluding carboxylic acids is 1. The number of carboxylic acids is 1. The van der Waals surface area contributed by atoms with Crippen LogP contribution in [0.25, 0.3) is 27.5 Å². The second-order valence-corrected chi connectivity index (χ2v) is 10.5. The molecule has 7 heteroatoms. The molecule has 0 atom stereocenters. The molecule has 0 radical (unpaired) electrons. The summed E-state index contributed by atoms with van der Waals surface area (Å²) in [7, 11) is 0. The van der Waals surface area contributed by atoms with Crippen LogP contribution in [-0.4, -0.2) is 45.9 Å². The van der Waals surface area contributed by atoms with Gasteiger partial charge in [0.1, 0.15) is 11.4 Å². The van der Waals surface area contributed by atoms with Gasteiger partial charge in [0, 0.05) is 53.7 Å². The molecule has 0 aliphatic carbocycles. The van der Waals surface area contributed by atoms with Gasteiger partial charge in [-0.05, 0) is 75.2 Å². The first-order chi connectivity index (χ1) is 21.9. The summed E-state index contributed by atoms with van der Waals surface area (Å²) in [5, 5.41) is 10.3. The van der Waals surface area contributed by atoms with E-state index in [2.05, 4.69) is 96.0 Å². The lowest BCUT2D eigenvalue weighted by molar-refractivity contribution is 0.0692. The molecule has 0 aliphatic rings. The average molecular weight is 600 g/mol. The van der Waals surface area contributed by atoms with E-state index in [1.165, 1.54) is 28.3 Å². The Kier molecular flexibility index (Phi) is 9.58. The standard InChI is InChI=1S/C23H24N2O4.C15H13N/c1-4-25(5-2)16-11-12-17(20(14-16)29-6-3)22(26)21-18(23(27)28)13-15-9-7-8-10-19(15)24-21;1-12-14(13-7-3-2-4-8-13)11-16-10-6-5-9-15(12)16/h7-14H,4-6H2,1-3H3,(H,27,28);2-11H,1H3. The predicted octanol–water partition coefficient (Wildman–Crippen LogP) is 8.32. The minimum atomic E-state index is -1.19. The number of aryl methyl sites for hydroxylation is 1. The molecule has 6 aromatic rings. The third-order valence-electron chi connectivity index (χ3n) is 7.84. The van der Waals surface area contributed by atoms with Crippen molar-refractivity contribution in [1.29, 1.82) is 0 Å². The third-order valence-corrected chi connectivity index (χ3v) is 7.84. The first kappa shape index (κ1) is 31.0. The van der Waals surface area contributed by atoms with Crippen LogP contribution in [0.15, 0.2) is 109 Å². The SMILES string of the molecule is CCOc1cc(N(CC)CC)ccc1C(=O)c1nc2ccccc2cc1C(=O)O.Cc1c(-c2ccccc2)cn2ccccc12. The summed E-state index contributed by atoms with van der Waals surface area (Å²) in [4.78, 5) is 31.6. The number of fused-ring (bicyclic) bond motifs is 2. The molecule has 228 valence electrons. The summed E-state index contributed by atoms with van der Waals surface area (Å²) in [5.41, 5.74) is 6.81. The van der Waals surface area contributed by atoms with Crippen LogP contribution in [0.2, 0.25) is 0 Å². The van der Waals surface area contributed by atoms with Crippen molar-refractivity contribution in [3.05, 3.63) is 132 Å². The van der Waals surface area contributed by atoms with Crippen molar-refractivity contribution >= 4 is 33.9 Å². The van der Waals surface area contributed by atoms with Crippen molar-refractivity contribution in [3.8, 4) is 16.9 Å². The lowest BCUT2D eigenvalue weighted by Gasteiger charge is -2.22. The Labute approximate surface area is 263 Å². The highest BCUT2D eigenvalue weighted by atomic mass is 16.5. The molecular formula is C38H37N3O4. The molecule has 3 aromatic heterocycles. The number of carbonyl (C=O) groups is 2. The van der Waals surface area contributed by atoms with Gasteiger partial charge in [-0.3, -0.25) is 4.79 Å². The Hall–Kier alpha value is -5.43. The van der Waals surface area contributed by atoms with Crippen molar-refractivity contribution in [1.82, 2.24) is 9.38 Å². The first-order valence-corrected chi connectivity index (χ1v) is 15.2. The molecule has 1 N–H and O–H groups in total. The summed E-state index contributed by atoms with van der Waals surface area (Å²) < 4.78 is 7.90. The number of aromatic carboxylic acids is 1. The van der Waals surface area contributed by atoms with Crippen molar-refractivity contribution < 1.29 is 19.4 Å². The van der Waals surface area contributed by atoms with E-state index >= 15 is 0 Å². The van der Waals surface area contributed by atoms with Gasteiger partial charge < -0.3 is 19.1 Å². The first-order valence-electron chi connectivity index (χ1n) is 15.2. The molecule has 3 heterocycles. The zero-order valence-corrected chi connectivity index (χ0v) is 26.0. The fourth-order valence-electron chi connectivity index (χ4n) is 5.51. The fraction of sp³-hybridized carbons (Fsp3) is 0.184. The molecule has 0 spiro atoms. The quantitative estimate of drug-likeness (QED) is 0.168. The molecule has 0 bridgehead atoms. The van der Waals surface area contributed by atoms with Crippen molar-refractivity contribution in [3.63, 3.8) is 0 Å². The lowest BCUT2D eigenvalue weighted by Crippen LogP contribution is -2.22. The molecule has 6 rings (SSSR count). The molecule has 0 amide bonds.